The molecule has 0 bridgehead atoms. The average Bonchev–Trinajstić information content (AvgIpc) is 3.21. The second-order valence-electron chi connectivity index (χ2n) is 7.89. The van der Waals surface area contributed by atoms with E-state index in [2.05, 4.69) is 45.1 Å². The van der Waals surface area contributed by atoms with Gasteiger partial charge in [0.05, 0.1) is 18.2 Å². The summed E-state index contributed by atoms with van der Waals surface area (Å²) >= 11 is 0. The molecule has 3 aromatic rings. The Hall–Kier alpha value is -3.06. The van der Waals surface area contributed by atoms with Crippen molar-refractivity contribution >= 4 is 5.91 Å². The van der Waals surface area contributed by atoms with E-state index in [4.69, 9.17) is 0 Å². The number of halogens is 3. The Balaban J connectivity index is 1.46. The fourth-order valence-corrected chi connectivity index (χ4v) is 4.03. The Morgan fingerprint density at radius 3 is 2.58 bits per heavy atom. The summed E-state index contributed by atoms with van der Waals surface area (Å²) in [5, 5.41) is 2.77. The summed E-state index contributed by atoms with van der Waals surface area (Å²) < 4.78 is 40.9. The second-order valence-corrected chi connectivity index (χ2v) is 7.89. The molecule has 0 spiro atoms. The number of nitrogens with zero attached hydrogens (tertiary/aromatic N) is 2. The Morgan fingerprint density at radius 1 is 1.06 bits per heavy atom. The van der Waals surface area contributed by atoms with Crippen LogP contribution in [0.3, 0.4) is 0 Å². The quantitative estimate of drug-likeness (QED) is 0.649. The van der Waals surface area contributed by atoms with Gasteiger partial charge in [0.25, 0.3) is 0 Å². The molecule has 2 aromatic carbocycles. The number of alkyl halides is 3. The number of aromatic nitrogens is 1. The van der Waals surface area contributed by atoms with E-state index in [0.29, 0.717) is 12.1 Å². The van der Waals surface area contributed by atoms with Gasteiger partial charge >= 0.3 is 6.18 Å². The highest BCUT2D eigenvalue weighted by atomic mass is 19.4. The summed E-state index contributed by atoms with van der Waals surface area (Å²) in [4.78, 5) is 14.8. The summed E-state index contributed by atoms with van der Waals surface area (Å²) in [6.07, 6.45) is -2.36. The van der Waals surface area contributed by atoms with Gasteiger partial charge in [0.15, 0.2) is 0 Å². The third-order valence-electron chi connectivity index (χ3n) is 5.62. The highest BCUT2D eigenvalue weighted by Crippen LogP contribution is 2.32. The van der Waals surface area contributed by atoms with Crippen molar-refractivity contribution in [3.63, 3.8) is 0 Å². The first-order chi connectivity index (χ1) is 14.8. The zero-order valence-electron chi connectivity index (χ0n) is 17.2. The van der Waals surface area contributed by atoms with Crippen molar-refractivity contribution in [2.75, 3.05) is 13.1 Å². The Labute approximate surface area is 179 Å². The van der Waals surface area contributed by atoms with Gasteiger partial charge in [-0.25, -0.2) is 0 Å². The fraction of sp³-hybridized carbons (Fsp3) is 0.292. The van der Waals surface area contributed by atoms with Crippen LogP contribution in [0, 0.1) is 6.92 Å². The van der Waals surface area contributed by atoms with E-state index in [1.54, 1.807) is 6.07 Å². The number of nitrogens with one attached hydrogen (secondary N) is 1. The van der Waals surface area contributed by atoms with Crippen molar-refractivity contribution in [1.29, 1.82) is 0 Å². The number of hydrogen-bond donors (Lipinski definition) is 1. The lowest BCUT2D eigenvalue weighted by Gasteiger charge is -2.37. The maximum Gasteiger partial charge on any atom is 0.416 e. The minimum absolute atomic E-state index is 0.0522. The van der Waals surface area contributed by atoms with E-state index in [-0.39, 0.29) is 25.0 Å². The normalized spacial score (nSPS) is 16.7. The van der Waals surface area contributed by atoms with Crippen molar-refractivity contribution in [3.05, 3.63) is 94.8 Å². The number of carbonyl (C=O) groups is 1. The molecule has 4 nitrogen and oxygen atoms in total. The van der Waals surface area contributed by atoms with Crippen LogP contribution in [-0.4, -0.2) is 28.5 Å². The summed E-state index contributed by atoms with van der Waals surface area (Å²) in [5.74, 6) is -0.213. The van der Waals surface area contributed by atoms with E-state index in [1.807, 2.05) is 19.2 Å². The second kappa shape index (κ2) is 8.59. The van der Waals surface area contributed by atoms with Crippen molar-refractivity contribution in [1.82, 2.24) is 14.8 Å². The lowest BCUT2D eigenvalue weighted by atomic mass is 9.99. The lowest BCUT2D eigenvalue weighted by molar-refractivity contribution is -0.137. The number of benzene rings is 2. The molecule has 1 unspecified atom stereocenters. The van der Waals surface area contributed by atoms with Crippen LogP contribution in [0.1, 0.15) is 34.0 Å². The summed E-state index contributed by atoms with van der Waals surface area (Å²) in [6.45, 7) is 3.75. The van der Waals surface area contributed by atoms with E-state index in [9.17, 15) is 18.0 Å². The van der Waals surface area contributed by atoms with Gasteiger partial charge in [-0.15, -0.1) is 0 Å². The Kier molecular flexibility index (Phi) is 5.87. The van der Waals surface area contributed by atoms with Gasteiger partial charge in [0.1, 0.15) is 0 Å². The van der Waals surface area contributed by atoms with Crippen LogP contribution >= 0.6 is 0 Å². The molecule has 0 saturated carbocycles. The third-order valence-corrected chi connectivity index (χ3v) is 5.62. The molecule has 0 saturated heterocycles. The zero-order valence-corrected chi connectivity index (χ0v) is 17.2. The molecule has 1 N–H and O–H groups in total. The Bertz CT molecular complexity index is 1060. The number of aryl methyl sites for hydroxylation is 1. The molecule has 0 fully saturated rings. The van der Waals surface area contributed by atoms with Gasteiger partial charge in [0.2, 0.25) is 5.91 Å². The molecule has 1 amide bonds. The van der Waals surface area contributed by atoms with E-state index < -0.39 is 11.7 Å². The molecule has 0 aliphatic carbocycles. The molecule has 1 aliphatic rings. The van der Waals surface area contributed by atoms with Gasteiger partial charge in [-0.2, -0.15) is 13.2 Å². The molecule has 1 aliphatic heterocycles. The number of fused-ring (bicyclic) bond motifs is 1. The highest BCUT2D eigenvalue weighted by Gasteiger charge is 2.31. The van der Waals surface area contributed by atoms with Crippen LogP contribution in [0.5, 0.6) is 0 Å². The largest absolute Gasteiger partial charge is 0.416 e. The number of rotatable bonds is 5. The molecule has 1 aromatic heterocycles. The van der Waals surface area contributed by atoms with Crippen molar-refractivity contribution in [3.8, 4) is 0 Å². The minimum Gasteiger partial charge on any atom is -0.351 e. The molecule has 2 heterocycles. The standard InChI is InChI=1S/C24H24F3N3O/c1-17-7-9-19(10-8-17)23-21-6-3-11-29(21)12-13-30(23)16-22(31)28-15-18-4-2-5-20(14-18)24(25,26)27/h2-11,14,23H,12-13,15-16H2,1H3,(H,28,31). The van der Waals surface area contributed by atoms with Gasteiger partial charge in [0, 0.05) is 31.5 Å². The molecule has 0 radical (unpaired) electrons. The molecule has 4 rings (SSSR count). The predicted octanol–water partition coefficient (Wildman–Crippen LogP) is 4.54. The number of hydrogen-bond acceptors (Lipinski definition) is 2. The van der Waals surface area contributed by atoms with Gasteiger partial charge in [-0.05, 0) is 42.3 Å². The zero-order chi connectivity index (χ0) is 22.0. The van der Waals surface area contributed by atoms with Crippen molar-refractivity contribution < 1.29 is 18.0 Å². The number of carbonyl (C=O) groups excluding carboxylic acids is 1. The first-order valence-electron chi connectivity index (χ1n) is 10.2. The molecular weight excluding hydrogens is 403 g/mol. The lowest BCUT2D eigenvalue weighted by Crippen LogP contribution is -2.44. The fourth-order valence-electron chi connectivity index (χ4n) is 4.03. The summed E-state index contributed by atoms with van der Waals surface area (Å²) in [5.41, 5.74) is 3.11. The molecule has 1 atom stereocenters. The van der Waals surface area contributed by atoms with Crippen LogP contribution in [0.2, 0.25) is 0 Å². The maximum absolute atomic E-state index is 12.9. The topological polar surface area (TPSA) is 37.3 Å². The Morgan fingerprint density at radius 2 is 1.84 bits per heavy atom. The first kappa shape index (κ1) is 21.2. The summed E-state index contributed by atoms with van der Waals surface area (Å²) in [6, 6.07) is 17.3. The van der Waals surface area contributed by atoms with Gasteiger partial charge in [-0.3, -0.25) is 9.69 Å². The first-order valence-corrected chi connectivity index (χ1v) is 10.2. The number of amides is 1. The third kappa shape index (κ3) is 4.82. The van der Waals surface area contributed by atoms with Crippen molar-refractivity contribution in [2.45, 2.75) is 32.2 Å². The van der Waals surface area contributed by atoms with Crippen LogP contribution in [0.25, 0.3) is 0 Å². The van der Waals surface area contributed by atoms with Crippen LogP contribution in [0.4, 0.5) is 13.2 Å². The minimum atomic E-state index is -4.40. The molecule has 31 heavy (non-hydrogen) atoms. The predicted molar refractivity (Wildman–Crippen MR) is 112 cm³/mol. The summed E-state index contributed by atoms with van der Waals surface area (Å²) in [7, 11) is 0. The smallest absolute Gasteiger partial charge is 0.351 e. The van der Waals surface area contributed by atoms with E-state index in [1.165, 1.54) is 11.6 Å². The SMILES string of the molecule is Cc1ccc(C2c3cccn3CCN2CC(=O)NCc2cccc(C(F)(F)F)c2)cc1. The average molecular weight is 427 g/mol. The van der Waals surface area contributed by atoms with Crippen LogP contribution < -0.4 is 5.32 Å². The molecule has 7 heteroatoms. The van der Waals surface area contributed by atoms with E-state index >= 15 is 0 Å². The van der Waals surface area contributed by atoms with Crippen LogP contribution in [-0.2, 0) is 24.1 Å². The maximum atomic E-state index is 12.9. The van der Waals surface area contributed by atoms with E-state index in [0.717, 1.165) is 29.9 Å². The van der Waals surface area contributed by atoms with Crippen molar-refractivity contribution in [2.24, 2.45) is 0 Å². The van der Waals surface area contributed by atoms with Gasteiger partial charge < -0.3 is 9.88 Å². The monoisotopic (exact) mass is 427 g/mol. The molecule has 162 valence electrons. The van der Waals surface area contributed by atoms with Crippen LogP contribution in [0.15, 0.2) is 66.9 Å². The highest BCUT2D eigenvalue weighted by molar-refractivity contribution is 5.78. The molecular formula is C24H24F3N3O. The van der Waals surface area contributed by atoms with Gasteiger partial charge in [-0.1, -0.05) is 42.0 Å².